The molecule has 2 unspecified atom stereocenters. The Morgan fingerprint density at radius 2 is 1.95 bits per heavy atom. The number of fused-ring (bicyclic) bond motifs is 1. The predicted molar refractivity (Wildman–Crippen MR) is 83.9 cm³/mol. The summed E-state index contributed by atoms with van der Waals surface area (Å²) in [4.78, 5) is 5.53. The van der Waals surface area contributed by atoms with Gasteiger partial charge in [-0.2, -0.15) is 0 Å². The molecule has 0 amide bonds. The highest BCUT2D eigenvalue weighted by Crippen LogP contribution is 2.40. The van der Waals surface area contributed by atoms with Gasteiger partial charge in [0, 0.05) is 17.1 Å². The number of nitrogens with two attached hydrogens (primary N) is 1. The first-order valence-electron chi connectivity index (χ1n) is 6.97. The van der Waals surface area contributed by atoms with Crippen molar-refractivity contribution in [1.82, 2.24) is 4.98 Å². The van der Waals surface area contributed by atoms with E-state index in [9.17, 15) is 0 Å². The minimum absolute atomic E-state index is 0.00176. The van der Waals surface area contributed by atoms with E-state index < -0.39 is 0 Å². The van der Waals surface area contributed by atoms with Crippen molar-refractivity contribution in [2.45, 2.75) is 23.1 Å². The maximum Gasteiger partial charge on any atom is 0.162 e. The monoisotopic (exact) mass is 302 g/mol. The number of pyridine rings is 1. The third-order valence-electron chi connectivity index (χ3n) is 3.23. The van der Waals surface area contributed by atoms with Crippen LogP contribution in [0.5, 0.6) is 11.5 Å². The summed E-state index contributed by atoms with van der Waals surface area (Å²) < 4.78 is 11.2. The highest BCUT2D eigenvalue weighted by molar-refractivity contribution is 7.99. The summed E-state index contributed by atoms with van der Waals surface area (Å²) in [6.45, 7) is 3.21. The van der Waals surface area contributed by atoms with Gasteiger partial charge in [0.1, 0.15) is 13.2 Å². The molecule has 0 fully saturated rings. The fourth-order valence-electron chi connectivity index (χ4n) is 2.22. The molecule has 0 saturated heterocycles. The fraction of sp³-hybridized carbons (Fsp3) is 0.312. The van der Waals surface area contributed by atoms with Gasteiger partial charge in [0.15, 0.2) is 11.5 Å². The second-order valence-corrected chi connectivity index (χ2v) is 6.17. The first kappa shape index (κ1) is 14.2. The molecule has 21 heavy (non-hydrogen) atoms. The molecule has 1 aliphatic heterocycles. The van der Waals surface area contributed by atoms with Crippen LogP contribution in [-0.4, -0.2) is 24.2 Å². The van der Waals surface area contributed by atoms with Crippen molar-refractivity contribution in [2.24, 2.45) is 5.73 Å². The normalized spacial score (nSPS) is 16.3. The van der Waals surface area contributed by atoms with E-state index in [0.717, 1.165) is 22.1 Å². The summed E-state index contributed by atoms with van der Waals surface area (Å²) in [7, 11) is 0. The molecule has 1 aromatic heterocycles. The molecule has 0 radical (unpaired) electrons. The topological polar surface area (TPSA) is 57.4 Å². The average Bonchev–Trinajstić information content (AvgIpc) is 2.53. The number of ether oxygens (including phenoxy) is 2. The first-order chi connectivity index (χ1) is 10.2. The quantitative estimate of drug-likeness (QED) is 0.880. The summed E-state index contributed by atoms with van der Waals surface area (Å²) in [6, 6.07) is 11.9. The first-order valence-corrected chi connectivity index (χ1v) is 7.85. The lowest BCUT2D eigenvalue weighted by molar-refractivity contribution is 0.171. The van der Waals surface area contributed by atoms with E-state index in [-0.39, 0.29) is 11.3 Å². The second-order valence-electron chi connectivity index (χ2n) is 4.96. The summed E-state index contributed by atoms with van der Waals surface area (Å²) in [5.74, 6) is 1.61. The van der Waals surface area contributed by atoms with Crippen LogP contribution in [-0.2, 0) is 0 Å². The van der Waals surface area contributed by atoms with E-state index in [1.807, 2.05) is 43.3 Å². The van der Waals surface area contributed by atoms with Crippen LogP contribution in [0.4, 0.5) is 0 Å². The standard InChI is InChI=1S/C16H18N2O2S/c1-11(17)16(13-4-2-3-7-18-13)21-12-5-6-14-15(10-12)20-9-8-19-14/h2-7,10-11,16H,8-9,17H2,1H3. The third kappa shape index (κ3) is 3.31. The Bertz CT molecular complexity index is 604. The number of hydrogen-bond donors (Lipinski definition) is 1. The zero-order chi connectivity index (χ0) is 14.7. The maximum absolute atomic E-state index is 6.14. The summed E-state index contributed by atoms with van der Waals surface area (Å²) in [6.07, 6.45) is 1.80. The van der Waals surface area contributed by atoms with Crippen LogP contribution in [0.15, 0.2) is 47.5 Å². The van der Waals surface area contributed by atoms with Gasteiger partial charge in [-0.15, -0.1) is 11.8 Å². The molecule has 2 aromatic rings. The van der Waals surface area contributed by atoms with Crippen LogP contribution >= 0.6 is 11.8 Å². The van der Waals surface area contributed by atoms with E-state index >= 15 is 0 Å². The molecule has 0 saturated carbocycles. The van der Waals surface area contributed by atoms with E-state index in [4.69, 9.17) is 15.2 Å². The molecule has 4 nitrogen and oxygen atoms in total. The Morgan fingerprint density at radius 1 is 1.14 bits per heavy atom. The third-order valence-corrected chi connectivity index (χ3v) is 4.68. The zero-order valence-corrected chi connectivity index (χ0v) is 12.7. The molecule has 1 aromatic carbocycles. The number of thioether (sulfide) groups is 1. The highest BCUT2D eigenvalue weighted by Gasteiger charge is 2.20. The summed E-state index contributed by atoms with van der Waals surface area (Å²) >= 11 is 1.70. The average molecular weight is 302 g/mol. The van der Waals surface area contributed by atoms with Gasteiger partial charge in [-0.3, -0.25) is 4.98 Å². The Morgan fingerprint density at radius 3 is 2.67 bits per heavy atom. The molecular weight excluding hydrogens is 284 g/mol. The number of aromatic nitrogens is 1. The Labute approximate surface area is 128 Å². The largest absolute Gasteiger partial charge is 0.486 e. The van der Waals surface area contributed by atoms with Gasteiger partial charge in [-0.1, -0.05) is 6.07 Å². The summed E-state index contributed by atoms with van der Waals surface area (Å²) in [5, 5.41) is 0.105. The predicted octanol–water partition coefficient (Wildman–Crippen LogP) is 3.03. The van der Waals surface area contributed by atoms with Crippen LogP contribution < -0.4 is 15.2 Å². The summed E-state index contributed by atoms with van der Waals surface area (Å²) in [5.41, 5.74) is 7.13. The van der Waals surface area contributed by atoms with E-state index in [2.05, 4.69) is 4.98 Å². The van der Waals surface area contributed by atoms with Gasteiger partial charge >= 0.3 is 0 Å². The molecular formula is C16H18N2O2S. The van der Waals surface area contributed by atoms with E-state index in [1.54, 1.807) is 18.0 Å². The van der Waals surface area contributed by atoms with Crippen molar-refractivity contribution < 1.29 is 9.47 Å². The maximum atomic E-state index is 6.14. The molecule has 0 spiro atoms. The minimum atomic E-state index is -0.00176. The lowest BCUT2D eigenvalue weighted by Gasteiger charge is -2.22. The van der Waals surface area contributed by atoms with Gasteiger partial charge in [0.2, 0.25) is 0 Å². The number of rotatable bonds is 4. The van der Waals surface area contributed by atoms with E-state index in [1.165, 1.54) is 0 Å². The van der Waals surface area contributed by atoms with Crippen molar-refractivity contribution in [2.75, 3.05) is 13.2 Å². The second kappa shape index (κ2) is 6.37. The number of nitrogens with zero attached hydrogens (tertiary/aromatic N) is 1. The molecule has 3 rings (SSSR count). The lowest BCUT2D eigenvalue weighted by atomic mass is 10.2. The van der Waals surface area contributed by atoms with Crippen LogP contribution in [0.25, 0.3) is 0 Å². The van der Waals surface area contributed by atoms with Crippen LogP contribution in [0.3, 0.4) is 0 Å². The van der Waals surface area contributed by atoms with Crippen molar-refractivity contribution in [1.29, 1.82) is 0 Å². The van der Waals surface area contributed by atoms with Crippen LogP contribution in [0.1, 0.15) is 17.9 Å². The van der Waals surface area contributed by atoms with Crippen LogP contribution in [0.2, 0.25) is 0 Å². The molecule has 2 atom stereocenters. The number of hydrogen-bond acceptors (Lipinski definition) is 5. The van der Waals surface area contributed by atoms with Gasteiger partial charge in [-0.05, 0) is 37.3 Å². The zero-order valence-electron chi connectivity index (χ0n) is 11.9. The SMILES string of the molecule is CC(N)C(Sc1ccc2c(c1)OCCO2)c1ccccn1. The molecule has 110 valence electrons. The van der Waals surface area contributed by atoms with Crippen LogP contribution in [0, 0.1) is 0 Å². The number of benzene rings is 1. The molecule has 5 heteroatoms. The Balaban J connectivity index is 1.83. The molecule has 2 heterocycles. The Kier molecular flexibility index (Phi) is 4.31. The molecule has 0 bridgehead atoms. The van der Waals surface area contributed by atoms with Crippen molar-refractivity contribution >= 4 is 11.8 Å². The Hall–Kier alpha value is -1.72. The molecule has 1 aliphatic rings. The van der Waals surface area contributed by atoms with Gasteiger partial charge < -0.3 is 15.2 Å². The van der Waals surface area contributed by atoms with E-state index in [0.29, 0.717) is 13.2 Å². The van der Waals surface area contributed by atoms with Gasteiger partial charge in [0.25, 0.3) is 0 Å². The van der Waals surface area contributed by atoms with Gasteiger partial charge in [0.05, 0.1) is 10.9 Å². The molecule has 0 aliphatic carbocycles. The highest BCUT2D eigenvalue weighted by atomic mass is 32.2. The minimum Gasteiger partial charge on any atom is -0.486 e. The lowest BCUT2D eigenvalue weighted by Crippen LogP contribution is -2.23. The van der Waals surface area contributed by atoms with Gasteiger partial charge in [-0.25, -0.2) is 0 Å². The van der Waals surface area contributed by atoms with Crippen molar-refractivity contribution in [3.05, 3.63) is 48.3 Å². The fourth-order valence-corrected chi connectivity index (χ4v) is 3.31. The van der Waals surface area contributed by atoms with Crippen molar-refractivity contribution in [3.8, 4) is 11.5 Å². The van der Waals surface area contributed by atoms with Crippen molar-refractivity contribution in [3.63, 3.8) is 0 Å². The molecule has 2 N–H and O–H groups in total. The smallest absolute Gasteiger partial charge is 0.162 e.